The molecule has 2 rings (SSSR count). The van der Waals surface area contributed by atoms with Gasteiger partial charge >= 0.3 is 11.7 Å². The number of carboxylic acids is 1. The van der Waals surface area contributed by atoms with Crippen LogP contribution in [-0.2, 0) is 11.2 Å². The molecule has 0 aliphatic rings. The van der Waals surface area contributed by atoms with Crippen LogP contribution in [0, 0.1) is 17.0 Å². The van der Waals surface area contributed by atoms with Gasteiger partial charge in [0.25, 0.3) is 0 Å². The zero-order chi connectivity index (χ0) is 17.5. The average Bonchev–Trinajstić information content (AvgIpc) is 2.55. The van der Waals surface area contributed by atoms with Crippen molar-refractivity contribution in [1.29, 1.82) is 0 Å². The second kappa shape index (κ2) is 8.05. The van der Waals surface area contributed by atoms with Crippen LogP contribution in [0.15, 0.2) is 42.6 Å². The Hall–Kier alpha value is -2.96. The molecule has 0 saturated carbocycles. The fraction of sp³-hybridized carbons (Fsp3) is 0.294. The molecule has 1 heterocycles. The lowest BCUT2D eigenvalue weighted by Crippen LogP contribution is -2.24. The largest absolute Gasteiger partial charge is 0.481 e. The summed E-state index contributed by atoms with van der Waals surface area (Å²) in [7, 11) is 0. The highest BCUT2D eigenvalue weighted by atomic mass is 16.6. The van der Waals surface area contributed by atoms with Gasteiger partial charge in [0, 0.05) is 24.7 Å². The Morgan fingerprint density at radius 2 is 2.08 bits per heavy atom. The Labute approximate surface area is 139 Å². The molecule has 24 heavy (non-hydrogen) atoms. The van der Waals surface area contributed by atoms with Crippen LogP contribution in [-0.4, -0.2) is 27.0 Å². The summed E-state index contributed by atoms with van der Waals surface area (Å²) in [6.45, 7) is 1.73. The predicted octanol–water partition coefficient (Wildman–Crippen LogP) is 3.19. The number of carboxylic acid groups (broad SMARTS) is 1. The number of hydrogen-bond donors (Lipinski definition) is 2. The van der Waals surface area contributed by atoms with Gasteiger partial charge < -0.3 is 10.4 Å². The fourth-order valence-corrected chi connectivity index (χ4v) is 2.42. The molecule has 126 valence electrons. The van der Waals surface area contributed by atoms with E-state index in [1.807, 2.05) is 30.3 Å². The van der Waals surface area contributed by atoms with E-state index >= 15 is 0 Å². The lowest BCUT2D eigenvalue weighted by molar-refractivity contribution is -0.384. The molecule has 1 aromatic carbocycles. The number of nitro groups is 1. The standard InChI is InChI=1S/C17H19N3O4/c1-12-9-15(20(23)24)17(18-11-12)19-14(7-8-16(21)22)10-13-5-3-2-4-6-13/h2-6,9,11,14H,7-8,10H2,1H3,(H,18,19)(H,21,22). The first-order valence-electron chi connectivity index (χ1n) is 7.59. The fourth-order valence-electron chi connectivity index (χ4n) is 2.42. The van der Waals surface area contributed by atoms with Gasteiger partial charge in [0.05, 0.1) is 4.92 Å². The summed E-state index contributed by atoms with van der Waals surface area (Å²) in [6, 6.07) is 10.8. The highest BCUT2D eigenvalue weighted by Crippen LogP contribution is 2.24. The maximum Gasteiger partial charge on any atom is 0.311 e. The summed E-state index contributed by atoms with van der Waals surface area (Å²) in [5.74, 6) is -0.738. The number of hydrogen-bond acceptors (Lipinski definition) is 5. The Bertz CT molecular complexity index is 719. The van der Waals surface area contributed by atoms with Crippen LogP contribution in [0.5, 0.6) is 0 Å². The minimum atomic E-state index is -0.902. The molecule has 0 spiro atoms. The average molecular weight is 329 g/mol. The number of nitrogens with zero attached hydrogens (tertiary/aromatic N) is 2. The topological polar surface area (TPSA) is 105 Å². The number of aryl methyl sites for hydroxylation is 1. The van der Waals surface area contributed by atoms with Crippen molar-refractivity contribution < 1.29 is 14.8 Å². The highest BCUT2D eigenvalue weighted by Gasteiger charge is 2.20. The summed E-state index contributed by atoms with van der Waals surface area (Å²) in [6.07, 6.45) is 2.42. The van der Waals surface area contributed by atoms with Crippen molar-refractivity contribution in [1.82, 2.24) is 4.98 Å². The normalized spacial score (nSPS) is 11.7. The number of aromatic nitrogens is 1. The third-order valence-electron chi connectivity index (χ3n) is 3.57. The summed E-state index contributed by atoms with van der Waals surface area (Å²) in [5, 5.41) is 23.2. The number of anilines is 1. The van der Waals surface area contributed by atoms with Crippen LogP contribution in [0.2, 0.25) is 0 Å². The molecular formula is C17H19N3O4. The Morgan fingerprint density at radius 3 is 2.71 bits per heavy atom. The molecule has 0 aliphatic carbocycles. The van der Waals surface area contributed by atoms with Crippen molar-refractivity contribution in [3.63, 3.8) is 0 Å². The van der Waals surface area contributed by atoms with Gasteiger partial charge in [-0.1, -0.05) is 30.3 Å². The van der Waals surface area contributed by atoms with Crippen molar-refractivity contribution in [2.24, 2.45) is 0 Å². The number of carbonyl (C=O) groups is 1. The molecule has 1 unspecified atom stereocenters. The molecule has 0 aliphatic heterocycles. The van der Waals surface area contributed by atoms with Crippen molar-refractivity contribution in [3.8, 4) is 0 Å². The first-order chi connectivity index (χ1) is 11.5. The quantitative estimate of drug-likeness (QED) is 0.569. The smallest absolute Gasteiger partial charge is 0.311 e. The van der Waals surface area contributed by atoms with E-state index in [9.17, 15) is 14.9 Å². The second-order valence-electron chi connectivity index (χ2n) is 5.60. The minimum absolute atomic E-state index is 0.0237. The van der Waals surface area contributed by atoms with Gasteiger partial charge in [-0.05, 0) is 30.9 Å². The Kier molecular flexibility index (Phi) is 5.83. The van der Waals surface area contributed by atoms with Gasteiger partial charge in [-0.15, -0.1) is 0 Å². The molecule has 1 atom stereocenters. The third-order valence-corrected chi connectivity index (χ3v) is 3.57. The number of nitrogens with one attached hydrogen (secondary N) is 1. The van der Waals surface area contributed by atoms with E-state index < -0.39 is 10.9 Å². The van der Waals surface area contributed by atoms with Gasteiger partial charge in [-0.3, -0.25) is 14.9 Å². The van der Waals surface area contributed by atoms with E-state index in [4.69, 9.17) is 5.11 Å². The van der Waals surface area contributed by atoms with Crippen LogP contribution in [0.1, 0.15) is 24.0 Å². The van der Waals surface area contributed by atoms with Crippen molar-refractivity contribution >= 4 is 17.5 Å². The first-order valence-corrected chi connectivity index (χ1v) is 7.59. The molecule has 0 fully saturated rings. The van der Waals surface area contributed by atoms with Gasteiger partial charge in [0.1, 0.15) is 0 Å². The van der Waals surface area contributed by atoms with E-state index in [2.05, 4.69) is 10.3 Å². The number of benzene rings is 1. The third kappa shape index (κ3) is 5.05. The highest BCUT2D eigenvalue weighted by molar-refractivity contribution is 5.67. The van der Waals surface area contributed by atoms with Crippen LogP contribution in [0.3, 0.4) is 0 Å². The number of aliphatic carboxylic acids is 1. The Balaban J connectivity index is 2.21. The molecule has 0 amide bonds. The summed E-state index contributed by atoms with van der Waals surface area (Å²) >= 11 is 0. The molecule has 1 aromatic heterocycles. The van der Waals surface area contributed by atoms with E-state index in [1.54, 1.807) is 13.1 Å². The zero-order valence-corrected chi connectivity index (χ0v) is 13.3. The van der Waals surface area contributed by atoms with Gasteiger partial charge in [0.2, 0.25) is 5.82 Å². The molecule has 7 nitrogen and oxygen atoms in total. The van der Waals surface area contributed by atoms with Gasteiger partial charge in [-0.2, -0.15) is 0 Å². The van der Waals surface area contributed by atoms with Crippen molar-refractivity contribution in [2.75, 3.05) is 5.32 Å². The predicted molar refractivity (Wildman–Crippen MR) is 90.1 cm³/mol. The molecule has 2 aromatic rings. The van der Waals surface area contributed by atoms with Gasteiger partial charge in [-0.25, -0.2) is 4.98 Å². The lowest BCUT2D eigenvalue weighted by Gasteiger charge is -2.19. The van der Waals surface area contributed by atoms with Crippen molar-refractivity contribution in [2.45, 2.75) is 32.2 Å². The van der Waals surface area contributed by atoms with Gasteiger partial charge in [0.15, 0.2) is 0 Å². The maximum atomic E-state index is 11.2. The molecule has 7 heteroatoms. The summed E-state index contributed by atoms with van der Waals surface area (Å²) < 4.78 is 0. The first kappa shape index (κ1) is 17.4. The van der Waals surface area contributed by atoms with Crippen LogP contribution in [0.25, 0.3) is 0 Å². The summed E-state index contributed by atoms with van der Waals surface area (Å²) in [4.78, 5) is 25.7. The van der Waals surface area contributed by atoms with Crippen LogP contribution < -0.4 is 5.32 Å². The van der Waals surface area contributed by atoms with Crippen LogP contribution in [0.4, 0.5) is 11.5 Å². The molecule has 0 bridgehead atoms. The molecule has 0 radical (unpaired) electrons. The van der Waals surface area contributed by atoms with E-state index in [0.717, 1.165) is 5.56 Å². The van der Waals surface area contributed by atoms with E-state index in [0.29, 0.717) is 18.4 Å². The maximum absolute atomic E-state index is 11.2. The summed E-state index contributed by atoms with van der Waals surface area (Å²) in [5.41, 5.74) is 1.61. The van der Waals surface area contributed by atoms with E-state index in [-0.39, 0.29) is 24.0 Å². The molecule has 0 saturated heterocycles. The van der Waals surface area contributed by atoms with Crippen LogP contribution >= 0.6 is 0 Å². The Morgan fingerprint density at radius 1 is 1.38 bits per heavy atom. The molecule has 2 N–H and O–H groups in total. The zero-order valence-electron chi connectivity index (χ0n) is 13.3. The monoisotopic (exact) mass is 329 g/mol. The van der Waals surface area contributed by atoms with Crippen molar-refractivity contribution in [3.05, 3.63) is 63.8 Å². The number of rotatable bonds is 8. The minimum Gasteiger partial charge on any atom is -0.481 e. The lowest BCUT2D eigenvalue weighted by atomic mass is 10.0. The molecular weight excluding hydrogens is 310 g/mol. The van der Waals surface area contributed by atoms with E-state index in [1.165, 1.54) is 6.07 Å². The second-order valence-corrected chi connectivity index (χ2v) is 5.60. The number of pyridine rings is 1. The SMILES string of the molecule is Cc1cnc(NC(CCC(=O)O)Cc2ccccc2)c([N+](=O)[O-])c1.